The molecule has 2 rings (SSSR count). The third-order valence-electron chi connectivity index (χ3n) is 2.96. The Labute approximate surface area is 127 Å². The van der Waals surface area contributed by atoms with Crippen LogP contribution in [0, 0.1) is 0 Å². The molecule has 2 aromatic rings. The van der Waals surface area contributed by atoms with Crippen molar-refractivity contribution in [1.82, 2.24) is 20.1 Å². The van der Waals surface area contributed by atoms with Crippen molar-refractivity contribution >= 4 is 17.7 Å². The number of hydrogen-bond acceptors (Lipinski definition) is 6. The van der Waals surface area contributed by atoms with Crippen molar-refractivity contribution in [2.24, 2.45) is 5.73 Å². The van der Waals surface area contributed by atoms with Crippen molar-refractivity contribution in [2.45, 2.75) is 43.9 Å². The molecule has 7 nitrogen and oxygen atoms in total. The molecule has 0 aliphatic rings. The van der Waals surface area contributed by atoms with Gasteiger partial charge in [0.05, 0.1) is 24.6 Å². The monoisotopic (exact) mass is 309 g/mol. The second kappa shape index (κ2) is 7.28. The molecule has 0 bridgehead atoms. The van der Waals surface area contributed by atoms with Gasteiger partial charge in [-0.1, -0.05) is 11.8 Å². The number of thioether (sulfide) groups is 1. The Bertz CT molecular complexity index is 581. The number of aromatic nitrogens is 3. The third-order valence-corrected chi connectivity index (χ3v) is 4.04. The van der Waals surface area contributed by atoms with Gasteiger partial charge >= 0.3 is 0 Å². The largest absolute Gasteiger partial charge is 0.467 e. The molecule has 0 spiro atoms. The van der Waals surface area contributed by atoms with Crippen LogP contribution in [0.3, 0.4) is 0 Å². The van der Waals surface area contributed by atoms with Gasteiger partial charge in [0.25, 0.3) is 0 Å². The van der Waals surface area contributed by atoms with Crippen LogP contribution in [0.5, 0.6) is 0 Å². The molecule has 2 heterocycles. The lowest BCUT2D eigenvalue weighted by molar-refractivity contribution is -0.120. The van der Waals surface area contributed by atoms with E-state index >= 15 is 0 Å². The molecule has 0 aliphatic heterocycles. The zero-order chi connectivity index (χ0) is 15.2. The van der Waals surface area contributed by atoms with E-state index < -0.39 is 0 Å². The SMILES string of the molecule is CCn1c(CN)nnc1SC(C)C(=O)NCc1ccco1. The van der Waals surface area contributed by atoms with E-state index in [1.54, 1.807) is 12.3 Å². The Morgan fingerprint density at radius 3 is 3.00 bits per heavy atom. The maximum atomic E-state index is 12.1. The molecule has 0 saturated carbocycles. The smallest absolute Gasteiger partial charge is 0.233 e. The number of nitrogens with zero attached hydrogens (tertiary/aromatic N) is 3. The number of carbonyl (C=O) groups excluding carboxylic acids is 1. The van der Waals surface area contributed by atoms with Gasteiger partial charge in [0.15, 0.2) is 5.16 Å². The van der Waals surface area contributed by atoms with Gasteiger partial charge in [0.2, 0.25) is 5.91 Å². The molecule has 0 aliphatic carbocycles. The fraction of sp³-hybridized carbons (Fsp3) is 0.462. The lowest BCUT2D eigenvalue weighted by atomic mass is 10.4. The van der Waals surface area contributed by atoms with Crippen LogP contribution in [-0.2, 0) is 24.4 Å². The van der Waals surface area contributed by atoms with Crippen molar-refractivity contribution in [3.05, 3.63) is 30.0 Å². The Kier molecular flexibility index (Phi) is 5.40. The standard InChI is InChI=1S/C13H19N5O2S/c1-3-18-11(7-14)16-17-13(18)21-9(2)12(19)15-8-10-5-4-6-20-10/h4-6,9H,3,7-8,14H2,1-2H3,(H,15,19). The summed E-state index contributed by atoms with van der Waals surface area (Å²) in [5, 5.41) is 11.4. The van der Waals surface area contributed by atoms with Crippen LogP contribution in [0.4, 0.5) is 0 Å². The fourth-order valence-electron chi connectivity index (χ4n) is 1.82. The topological polar surface area (TPSA) is 99.0 Å². The summed E-state index contributed by atoms with van der Waals surface area (Å²) in [5.41, 5.74) is 5.61. The second-order valence-corrected chi connectivity index (χ2v) is 5.71. The number of nitrogens with one attached hydrogen (secondary N) is 1. The summed E-state index contributed by atoms with van der Waals surface area (Å²) in [6.45, 7) is 5.27. The summed E-state index contributed by atoms with van der Waals surface area (Å²) in [4.78, 5) is 12.1. The Balaban J connectivity index is 1.92. The molecule has 0 radical (unpaired) electrons. The summed E-state index contributed by atoms with van der Waals surface area (Å²) in [5.74, 6) is 1.38. The molecule has 2 aromatic heterocycles. The van der Waals surface area contributed by atoms with Crippen molar-refractivity contribution in [3.63, 3.8) is 0 Å². The molecule has 1 amide bonds. The summed E-state index contributed by atoms with van der Waals surface area (Å²) < 4.78 is 7.09. The molecule has 8 heteroatoms. The summed E-state index contributed by atoms with van der Waals surface area (Å²) in [6, 6.07) is 3.61. The van der Waals surface area contributed by atoms with Crippen molar-refractivity contribution in [1.29, 1.82) is 0 Å². The highest BCUT2D eigenvalue weighted by atomic mass is 32.2. The summed E-state index contributed by atoms with van der Waals surface area (Å²) in [7, 11) is 0. The number of rotatable bonds is 7. The van der Waals surface area contributed by atoms with Gasteiger partial charge < -0.3 is 20.0 Å². The first-order valence-electron chi connectivity index (χ1n) is 6.74. The van der Waals surface area contributed by atoms with E-state index in [0.717, 1.165) is 18.1 Å². The van der Waals surface area contributed by atoms with Crippen molar-refractivity contribution in [3.8, 4) is 0 Å². The molecular weight excluding hydrogens is 290 g/mol. The first-order valence-corrected chi connectivity index (χ1v) is 7.62. The maximum absolute atomic E-state index is 12.1. The zero-order valence-electron chi connectivity index (χ0n) is 12.1. The molecule has 0 fully saturated rings. The van der Waals surface area contributed by atoms with Gasteiger partial charge in [-0.2, -0.15) is 0 Å². The lowest BCUT2D eigenvalue weighted by Crippen LogP contribution is -2.30. The van der Waals surface area contributed by atoms with E-state index in [2.05, 4.69) is 15.5 Å². The Hall–Kier alpha value is -1.80. The van der Waals surface area contributed by atoms with Crippen LogP contribution < -0.4 is 11.1 Å². The number of hydrogen-bond donors (Lipinski definition) is 2. The van der Waals surface area contributed by atoms with E-state index in [9.17, 15) is 4.79 Å². The number of furan rings is 1. The van der Waals surface area contributed by atoms with Gasteiger partial charge in [-0.15, -0.1) is 10.2 Å². The van der Waals surface area contributed by atoms with Crippen molar-refractivity contribution < 1.29 is 9.21 Å². The Morgan fingerprint density at radius 2 is 2.38 bits per heavy atom. The quantitative estimate of drug-likeness (QED) is 0.744. The minimum absolute atomic E-state index is 0.0728. The highest BCUT2D eigenvalue weighted by Gasteiger charge is 2.19. The van der Waals surface area contributed by atoms with Gasteiger partial charge in [-0.25, -0.2) is 0 Å². The van der Waals surface area contributed by atoms with Crippen LogP contribution in [0.2, 0.25) is 0 Å². The minimum Gasteiger partial charge on any atom is -0.467 e. The van der Waals surface area contributed by atoms with Crippen LogP contribution in [-0.4, -0.2) is 25.9 Å². The predicted molar refractivity (Wildman–Crippen MR) is 79.5 cm³/mol. The maximum Gasteiger partial charge on any atom is 0.233 e. The number of nitrogens with two attached hydrogens (primary N) is 1. The van der Waals surface area contributed by atoms with E-state index in [1.807, 2.05) is 24.5 Å². The molecule has 0 aromatic carbocycles. The molecule has 3 N–H and O–H groups in total. The minimum atomic E-state index is -0.278. The van der Waals surface area contributed by atoms with Crippen LogP contribution in [0.1, 0.15) is 25.4 Å². The molecular formula is C13H19N5O2S. The van der Waals surface area contributed by atoms with E-state index in [0.29, 0.717) is 18.2 Å². The molecule has 1 atom stereocenters. The van der Waals surface area contributed by atoms with Crippen LogP contribution in [0.25, 0.3) is 0 Å². The van der Waals surface area contributed by atoms with Gasteiger partial charge in [0, 0.05) is 6.54 Å². The van der Waals surface area contributed by atoms with Crippen LogP contribution in [0.15, 0.2) is 28.0 Å². The Morgan fingerprint density at radius 1 is 1.57 bits per heavy atom. The summed E-state index contributed by atoms with van der Waals surface area (Å²) >= 11 is 1.37. The van der Waals surface area contributed by atoms with E-state index in [4.69, 9.17) is 10.2 Å². The fourth-order valence-corrected chi connectivity index (χ4v) is 2.77. The van der Waals surface area contributed by atoms with E-state index in [1.165, 1.54) is 11.8 Å². The second-order valence-electron chi connectivity index (χ2n) is 4.40. The first-order chi connectivity index (χ1) is 10.2. The van der Waals surface area contributed by atoms with Gasteiger partial charge in [0.1, 0.15) is 11.6 Å². The highest BCUT2D eigenvalue weighted by Crippen LogP contribution is 2.22. The number of carbonyl (C=O) groups is 1. The van der Waals surface area contributed by atoms with Crippen LogP contribution >= 0.6 is 11.8 Å². The normalized spacial score (nSPS) is 12.3. The lowest BCUT2D eigenvalue weighted by Gasteiger charge is -2.11. The molecule has 1 unspecified atom stereocenters. The molecule has 114 valence electrons. The zero-order valence-corrected chi connectivity index (χ0v) is 12.9. The third kappa shape index (κ3) is 3.85. The molecule has 0 saturated heterocycles. The van der Waals surface area contributed by atoms with Crippen molar-refractivity contribution in [2.75, 3.05) is 0 Å². The molecule has 21 heavy (non-hydrogen) atoms. The predicted octanol–water partition coefficient (Wildman–Crippen LogP) is 1.15. The van der Waals surface area contributed by atoms with Gasteiger partial charge in [-0.3, -0.25) is 4.79 Å². The highest BCUT2D eigenvalue weighted by molar-refractivity contribution is 8.00. The average molecular weight is 309 g/mol. The summed E-state index contributed by atoms with van der Waals surface area (Å²) in [6.07, 6.45) is 1.58. The number of amides is 1. The van der Waals surface area contributed by atoms with Gasteiger partial charge in [-0.05, 0) is 26.0 Å². The first kappa shape index (κ1) is 15.6. The van der Waals surface area contributed by atoms with E-state index in [-0.39, 0.29) is 11.2 Å². The average Bonchev–Trinajstić information content (AvgIpc) is 3.13.